The van der Waals surface area contributed by atoms with Crippen molar-refractivity contribution in [3.05, 3.63) is 35.5 Å². The molecule has 24 heavy (non-hydrogen) atoms. The van der Waals surface area contributed by atoms with E-state index in [0.29, 0.717) is 16.5 Å². The summed E-state index contributed by atoms with van der Waals surface area (Å²) in [6, 6.07) is 6.88. The average Bonchev–Trinajstić information content (AvgIpc) is 2.89. The van der Waals surface area contributed by atoms with Gasteiger partial charge in [0, 0.05) is 10.9 Å². The predicted molar refractivity (Wildman–Crippen MR) is 86.0 cm³/mol. The number of ether oxygens (including phenoxy) is 3. The normalized spacial score (nSPS) is 10.5. The Balaban J connectivity index is 2.72. The summed E-state index contributed by atoms with van der Waals surface area (Å²) in [5, 5.41) is 0.596. The number of fused-ring (bicyclic) bond motifs is 1. The summed E-state index contributed by atoms with van der Waals surface area (Å²) in [6.45, 7) is 3.72. The number of aromatic nitrogens is 1. The largest absolute Gasteiger partial charge is 0.466 e. The molecule has 0 N–H and O–H groups in total. The second kappa shape index (κ2) is 7.63. The highest BCUT2D eigenvalue weighted by Gasteiger charge is 2.28. The summed E-state index contributed by atoms with van der Waals surface area (Å²) in [7, 11) is 1.22. The average molecular weight is 333 g/mol. The van der Waals surface area contributed by atoms with Gasteiger partial charge in [0.15, 0.2) is 0 Å². The van der Waals surface area contributed by atoms with Crippen molar-refractivity contribution < 1.29 is 28.6 Å². The monoisotopic (exact) mass is 333 g/mol. The number of carbonyl (C=O) groups is 3. The second-order valence-electron chi connectivity index (χ2n) is 4.85. The molecule has 0 atom stereocenters. The SMILES string of the molecule is CCOC(=O)Cc1c(C(=O)OCC)n(C(=O)OC)c2ccccc12. The Morgan fingerprint density at radius 1 is 1.04 bits per heavy atom. The maximum atomic E-state index is 12.4. The Labute approximate surface area is 139 Å². The molecule has 0 amide bonds. The molecule has 0 unspecified atom stereocenters. The standard InChI is InChI=1S/C17H19NO6/c1-4-23-14(19)10-12-11-8-6-7-9-13(11)18(17(21)22-3)15(12)16(20)24-5-2/h6-9H,4-5,10H2,1-3H3. The van der Waals surface area contributed by atoms with Crippen LogP contribution in [0.1, 0.15) is 29.9 Å². The minimum Gasteiger partial charge on any atom is -0.466 e. The smallest absolute Gasteiger partial charge is 0.418 e. The van der Waals surface area contributed by atoms with E-state index < -0.39 is 18.0 Å². The van der Waals surface area contributed by atoms with E-state index >= 15 is 0 Å². The third-order valence-corrected chi connectivity index (χ3v) is 3.43. The molecular weight excluding hydrogens is 314 g/mol. The molecule has 0 aliphatic rings. The van der Waals surface area contributed by atoms with Crippen LogP contribution in [0.4, 0.5) is 4.79 Å². The number of methoxy groups -OCH3 is 1. The third kappa shape index (κ3) is 3.24. The molecule has 1 aromatic carbocycles. The molecular formula is C17H19NO6. The molecule has 0 aliphatic heterocycles. The molecule has 0 saturated heterocycles. The lowest BCUT2D eigenvalue weighted by Gasteiger charge is -2.09. The molecule has 2 rings (SSSR count). The van der Waals surface area contributed by atoms with Gasteiger partial charge in [-0.15, -0.1) is 0 Å². The first kappa shape index (κ1) is 17.5. The van der Waals surface area contributed by atoms with E-state index in [9.17, 15) is 14.4 Å². The highest BCUT2D eigenvalue weighted by molar-refractivity contribution is 6.05. The zero-order valence-electron chi connectivity index (χ0n) is 13.8. The van der Waals surface area contributed by atoms with Crippen molar-refractivity contribution in [1.29, 1.82) is 0 Å². The number of esters is 2. The topological polar surface area (TPSA) is 83.8 Å². The number of rotatable bonds is 5. The maximum Gasteiger partial charge on any atom is 0.418 e. The van der Waals surface area contributed by atoms with Gasteiger partial charge >= 0.3 is 18.0 Å². The van der Waals surface area contributed by atoms with Gasteiger partial charge in [0.2, 0.25) is 0 Å². The van der Waals surface area contributed by atoms with Crippen LogP contribution in [0, 0.1) is 0 Å². The van der Waals surface area contributed by atoms with Crippen LogP contribution >= 0.6 is 0 Å². The van der Waals surface area contributed by atoms with Crippen molar-refractivity contribution in [1.82, 2.24) is 4.57 Å². The second-order valence-corrected chi connectivity index (χ2v) is 4.85. The molecule has 0 radical (unpaired) electrons. The van der Waals surface area contributed by atoms with Gasteiger partial charge in [0.25, 0.3) is 0 Å². The molecule has 0 fully saturated rings. The Kier molecular flexibility index (Phi) is 5.57. The molecule has 128 valence electrons. The zero-order chi connectivity index (χ0) is 17.7. The van der Waals surface area contributed by atoms with Crippen molar-refractivity contribution in [2.45, 2.75) is 20.3 Å². The fourth-order valence-corrected chi connectivity index (χ4v) is 2.54. The van der Waals surface area contributed by atoms with Crippen molar-refractivity contribution >= 4 is 28.9 Å². The number of hydrogen-bond donors (Lipinski definition) is 0. The number of nitrogens with zero attached hydrogens (tertiary/aromatic N) is 1. The molecule has 0 bridgehead atoms. The van der Waals surface area contributed by atoms with E-state index in [1.54, 1.807) is 38.1 Å². The van der Waals surface area contributed by atoms with Crippen LogP contribution in [0.2, 0.25) is 0 Å². The lowest BCUT2D eigenvalue weighted by molar-refractivity contribution is -0.142. The maximum absolute atomic E-state index is 12.4. The molecule has 1 aromatic heterocycles. The molecule has 0 aliphatic carbocycles. The van der Waals surface area contributed by atoms with E-state index in [2.05, 4.69) is 0 Å². The van der Waals surface area contributed by atoms with Crippen molar-refractivity contribution in [3.8, 4) is 0 Å². The van der Waals surface area contributed by atoms with Gasteiger partial charge in [0.05, 0.1) is 32.3 Å². The van der Waals surface area contributed by atoms with Crippen LogP contribution in [0.3, 0.4) is 0 Å². The molecule has 7 heteroatoms. The van der Waals surface area contributed by atoms with E-state index in [1.165, 1.54) is 7.11 Å². The summed E-state index contributed by atoms with van der Waals surface area (Å²) >= 11 is 0. The number of hydrogen-bond acceptors (Lipinski definition) is 6. The van der Waals surface area contributed by atoms with E-state index in [-0.39, 0.29) is 25.3 Å². The number of benzene rings is 1. The summed E-state index contributed by atoms with van der Waals surface area (Å²) in [6.07, 6.45) is -0.878. The summed E-state index contributed by atoms with van der Waals surface area (Å²) in [4.78, 5) is 36.5. The fraction of sp³-hybridized carbons (Fsp3) is 0.353. The Hall–Kier alpha value is -2.83. The highest BCUT2D eigenvalue weighted by atomic mass is 16.5. The van der Waals surface area contributed by atoms with Gasteiger partial charge in [-0.2, -0.15) is 0 Å². The molecule has 2 aromatic rings. The minimum absolute atomic E-state index is 0.0158. The van der Waals surface area contributed by atoms with Crippen LogP contribution in [0.15, 0.2) is 24.3 Å². The summed E-state index contributed by atoms with van der Waals surface area (Å²) in [5.74, 6) is -1.19. The molecule has 0 saturated carbocycles. The van der Waals surface area contributed by atoms with E-state index in [4.69, 9.17) is 14.2 Å². The molecule has 0 spiro atoms. The molecule has 7 nitrogen and oxygen atoms in total. The lowest BCUT2D eigenvalue weighted by atomic mass is 10.1. The Morgan fingerprint density at radius 2 is 1.71 bits per heavy atom. The number of carbonyl (C=O) groups excluding carboxylic acids is 3. The summed E-state index contributed by atoms with van der Waals surface area (Å²) in [5.41, 5.74) is 0.831. The van der Waals surface area contributed by atoms with Crippen LogP contribution in [-0.2, 0) is 25.4 Å². The van der Waals surface area contributed by atoms with Crippen LogP contribution < -0.4 is 0 Å². The van der Waals surface area contributed by atoms with Gasteiger partial charge < -0.3 is 14.2 Å². The van der Waals surface area contributed by atoms with Gasteiger partial charge in [-0.25, -0.2) is 14.2 Å². The van der Waals surface area contributed by atoms with Gasteiger partial charge in [-0.1, -0.05) is 18.2 Å². The zero-order valence-corrected chi connectivity index (χ0v) is 13.8. The predicted octanol–water partition coefficient (Wildman–Crippen LogP) is 2.54. The van der Waals surface area contributed by atoms with Crippen LogP contribution in [0.25, 0.3) is 10.9 Å². The van der Waals surface area contributed by atoms with Gasteiger partial charge in [-0.3, -0.25) is 4.79 Å². The quantitative estimate of drug-likeness (QED) is 0.617. The van der Waals surface area contributed by atoms with E-state index in [0.717, 1.165) is 4.57 Å². The van der Waals surface area contributed by atoms with Crippen molar-refractivity contribution in [2.75, 3.05) is 20.3 Å². The van der Waals surface area contributed by atoms with E-state index in [1.807, 2.05) is 0 Å². The molecule has 1 heterocycles. The van der Waals surface area contributed by atoms with Crippen molar-refractivity contribution in [3.63, 3.8) is 0 Å². The first-order valence-corrected chi connectivity index (χ1v) is 7.58. The highest BCUT2D eigenvalue weighted by Crippen LogP contribution is 2.28. The Morgan fingerprint density at radius 3 is 2.33 bits per heavy atom. The van der Waals surface area contributed by atoms with Crippen molar-refractivity contribution in [2.24, 2.45) is 0 Å². The van der Waals surface area contributed by atoms with Crippen LogP contribution in [-0.4, -0.2) is 42.9 Å². The summed E-state index contributed by atoms with van der Waals surface area (Å²) < 4.78 is 15.9. The Bertz CT molecular complexity index is 777. The van der Waals surface area contributed by atoms with Crippen LogP contribution in [0.5, 0.6) is 0 Å². The van der Waals surface area contributed by atoms with Gasteiger partial charge in [-0.05, 0) is 19.9 Å². The first-order chi connectivity index (χ1) is 11.5. The number of para-hydroxylation sites is 1. The fourth-order valence-electron chi connectivity index (χ4n) is 2.54. The third-order valence-electron chi connectivity index (χ3n) is 3.43. The van der Waals surface area contributed by atoms with Gasteiger partial charge in [0.1, 0.15) is 5.69 Å². The lowest BCUT2D eigenvalue weighted by Crippen LogP contribution is -2.21. The first-order valence-electron chi connectivity index (χ1n) is 7.58. The minimum atomic E-state index is -0.732.